The number of rotatable bonds is 6. The lowest BCUT2D eigenvalue weighted by Gasteiger charge is -2.36. The lowest BCUT2D eigenvalue weighted by Crippen LogP contribution is -2.51. The molecule has 6 heteroatoms. The Bertz CT molecular complexity index is 529. The minimum Gasteiger partial charge on any atom is -0.493 e. The van der Waals surface area contributed by atoms with Crippen LogP contribution >= 0.6 is 11.6 Å². The summed E-state index contributed by atoms with van der Waals surface area (Å²) in [5, 5.41) is 9.60. The Hall–Kier alpha value is -1.46. The molecular weight excluding hydrogens is 294 g/mol. The Morgan fingerprint density at radius 1 is 1.52 bits per heavy atom. The molecule has 1 heterocycles. The fraction of sp³-hybridized carbons (Fsp3) is 0.533. The second-order valence-electron chi connectivity index (χ2n) is 5.50. The van der Waals surface area contributed by atoms with E-state index in [0.717, 1.165) is 18.7 Å². The van der Waals surface area contributed by atoms with Gasteiger partial charge in [-0.15, -0.1) is 0 Å². The maximum absolute atomic E-state index is 11.1. The van der Waals surface area contributed by atoms with Crippen molar-refractivity contribution in [3.8, 4) is 11.5 Å². The summed E-state index contributed by atoms with van der Waals surface area (Å²) < 4.78 is 11.3. The molecule has 1 saturated heterocycles. The quantitative estimate of drug-likeness (QED) is 0.873. The van der Waals surface area contributed by atoms with Gasteiger partial charge in [0.1, 0.15) is 6.10 Å². The zero-order valence-corrected chi connectivity index (χ0v) is 13.2. The molecule has 0 spiro atoms. The number of hydrogen-bond acceptors (Lipinski definition) is 4. The highest BCUT2D eigenvalue weighted by atomic mass is 35.5. The molecule has 1 atom stereocenters. The maximum Gasteiger partial charge on any atom is 0.306 e. The van der Waals surface area contributed by atoms with E-state index in [9.17, 15) is 4.79 Å². The van der Waals surface area contributed by atoms with Crippen LogP contribution in [0.25, 0.3) is 0 Å². The Balaban J connectivity index is 2.27. The fourth-order valence-electron chi connectivity index (χ4n) is 2.36. The van der Waals surface area contributed by atoms with Gasteiger partial charge < -0.3 is 14.6 Å². The molecule has 1 aliphatic rings. The molecule has 1 fully saturated rings. The van der Waals surface area contributed by atoms with Gasteiger partial charge in [-0.2, -0.15) is 0 Å². The number of carboxylic acids is 1. The topological polar surface area (TPSA) is 59.0 Å². The third-order valence-electron chi connectivity index (χ3n) is 3.58. The van der Waals surface area contributed by atoms with Gasteiger partial charge >= 0.3 is 5.97 Å². The van der Waals surface area contributed by atoms with Crippen molar-refractivity contribution in [1.29, 1.82) is 0 Å². The zero-order chi connectivity index (χ0) is 15.6. The molecular formula is C15H20ClNO4. The van der Waals surface area contributed by atoms with Gasteiger partial charge in [-0.05, 0) is 19.5 Å². The predicted octanol–water partition coefficient (Wildman–Crippen LogP) is 2.30. The van der Waals surface area contributed by atoms with E-state index in [1.54, 1.807) is 26.2 Å². The third-order valence-corrected chi connectivity index (χ3v) is 3.80. The van der Waals surface area contributed by atoms with Gasteiger partial charge in [-0.25, -0.2) is 0 Å². The van der Waals surface area contributed by atoms with Gasteiger partial charge in [0, 0.05) is 29.7 Å². The largest absolute Gasteiger partial charge is 0.493 e. The molecule has 1 aliphatic heterocycles. The Morgan fingerprint density at radius 2 is 2.19 bits per heavy atom. The van der Waals surface area contributed by atoms with Crippen LogP contribution in [-0.4, -0.2) is 49.3 Å². The van der Waals surface area contributed by atoms with Crippen LogP contribution in [0.4, 0.5) is 0 Å². The van der Waals surface area contributed by atoms with Gasteiger partial charge in [0.25, 0.3) is 0 Å². The number of carboxylic acid groups (broad SMARTS) is 1. The molecule has 0 saturated carbocycles. The lowest BCUT2D eigenvalue weighted by atomic mass is 10.00. The molecule has 116 valence electrons. The van der Waals surface area contributed by atoms with Crippen molar-refractivity contribution in [2.24, 2.45) is 5.92 Å². The van der Waals surface area contributed by atoms with Crippen molar-refractivity contribution in [2.45, 2.75) is 19.4 Å². The molecule has 1 aromatic rings. The Labute approximate surface area is 129 Å². The van der Waals surface area contributed by atoms with Crippen molar-refractivity contribution in [2.75, 3.05) is 27.2 Å². The number of ether oxygens (including phenoxy) is 2. The van der Waals surface area contributed by atoms with Crippen molar-refractivity contribution >= 4 is 17.6 Å². The van der Waals surface area contributed by atoms with E-state index in [2.05, 4.69) is 4.90 Å². The van der Waals surface area contributed by atoms with Gasteiger partial charge in [-0.1, -0.05) is 18.5 Å². The number of carbonyl (C=O) groups is 1. The average Bonchev–Trinajstić information content (AvgIpc) is 2.38. The monoisotopic (exact) mass is 313 g/mol. The molecule has 0 aromatic heterocycles. The maximum atomic E-state index is 11.1. The van der Waals surface area contributed by atoms with E-state index in [1.807, 2.05) is 7.05 Å². The van der Waals surface area contributed by atoms with Crippen LogP contribution in [0, 0.1) is 5.92 Å². The SMILES string of the molecule is COc1cc(Cl)cc(CC(C)C(=O)O)c1OC1CN(C)C1. The van der Waals surface area contributed by atoms with E-state index >= 15 is 0 Å². The first-order valence-corrected chi connectivity index (χ1v) is 7.23. The van der Waals surface area contributed by atoms with Crippen LogP contribution in [0.1, 0.15) is 12.5 Å². The standard InChI is InChI=1S/C15H20ClNO4/c1-9(15(18)19)4-10-5-11(16)6-13(20-3)14(10)21-12-7-17(2)8-12/h5-6,9,12H,4,7-8H2,1-3H3,(H,18,19). The minimum atomic E-state index is -0.844. The number of likely N-dealkylation sites (tertiary alicyclic amines) is 1. The number of methoxy groups -OCH3 is 1. The first-order valence-electron chi connectivity index (χ1n) is 6.85. The van der Waals surface area contributed by atoms with Crippen LogP contribution in [0.3, 0.4) is 0 Å². The highest BCUT2D eigenvalue weighted by molar-refractivity contribution is 6.30. The van der Waals surface area contributed by atoms with Gasteiger partial charge in [0.05, 0.1) is 13.0 Å². The van der Waals surface area contributed by atoms with Crippen LogP contribution in [0.2, 0.25) is 5.02 Å². The molecule has 1 aromatic carbocycles. The van der Waals surface area contributed by atoms with E-state index < -0.39 is 11.9 Å². The summed E-state index contributed by atoms with van der Waals surface area (Å²) in [5.74, 6) is -0.208. The van der Waals surface area contributed by atoms with Crippen LogP contribution in [0.15, 0.2) is 12.1 Å². The van der Waals surface area contributed by atoms with Crippen molar-refractivity contribution < 1.29 is 19.4 Å². The second-order valence-corrected chi connectivity index (χ2v) is 5.94. The first kappa shape index (κ1) is 15.9. The van der Waals surface area contributed by atoms with Gasteiger partial charge in [-0.3, -0.25) is 9.69 Å². The number of halogens is 1. The first-order chi connectivity index (χ1) is 9.90. The highest BCUT2D eigenvalue weighted by Crippen LogP contribution is 2.37. The van der Waals surface area contributed by atoms with Crippen molar-refractivity contribution in [3.05, 3.63) is 22.7 Å². The minimum absolute atomic E-state index is 0.101. The normalized spacial score (nSPS) is 17.1. The van der Waals surface area contributed by atoms with Crippen LogP contribution < -0.4 is 9.47 Å². The smallest absolute Gasteiger partial charge is 0.306 e. The molecule has 0 amide bonds. The molecule has 0 bridgehead atoms. The third kappa shape index (κ3) is 3.80. The molecule has 1 N–H and O–H groups in total. The van der Waals surface area contributed by atoms with Gasteiger partial charge in [0.2, 0.25) is 0 Å². The predicted molar refractivity (Wildman–Crippen MR) is 80.4 cm³/mol. The molecule has 0 radical (unpaired) electrons. The van der Waals surface area contributed by atoms with E-state index in [4.69, 9.17) is 26.2 Å². The van der Waals surface area contributed by atoms with Crippen molar-refractivity contribution in [3.63, 3.8) is 0 Å². The number of nitrogens with zero attached hydrogens (tertiary/aromatic N) is 1. The number of likely N-dealkylation sites (N-methyl/N-ethyl adjacent to an activating group) is 1. The molecule has 0 aliphatic carbocycles. The van der Waals surface area contributed by atoms with Gasteiger partial charge in [0.15, 0.2) is 11.5 Å². The number of benzene rings is 1. The summed E-state index contributed by atoms with van der Waals surface area (Å²) in [6.07, 6.45) is 0.452. The fourth-order valence-corrected chi connectivity index (χ4v) is 2.59. The van der Waals surface area contributed by atoms with E-state index in [1.165, 1.54) is 0 Å². The average molecular weight is 314 g/mol. The molecule has 1 unspecified atom stereocenters. The second kappa shape index (κ2) is 6.54. The highest BCUT2D eigenvalue weighted by Gasteiger charge is 2.28. The van der Waals surface area contributed by atoms with E-state index in [0.29, 0.717) is 22.9 Å². The van der Waals surface area contributed by atoms with Crippen LogP contribution in [0.5, 0.6) is 11.5 Å². The van der Waals surface area contributed by atoms with E-state index in [-0.39, 0.29) is 6.10 Å². The summed E-state index contributed by atoms with van der Waals surface area (Å²) in [6.45, 7) is 3.36. The molecule has 2 rings (SSSR count). The summed E-state index contributed by atoms with van der Waals surface area (Å²) in [7, 11) is 3.57. The number of hydrogen-bond donors (Lipinski definition) is 1. The lowest BCUT2D eigenvalue weighted by molar-refractivity contribution is -0.141. The molecule has 21 heavy (non-hydrogen) atoms. The number of aliphatic carboxylic acids is 1. The summed E-state index contributed by atoms with van der Waals surface area (Å²) in [6, 6.07) is 3.44. The Kier molecular flexibility index (Phi) is 4.96. The molecule has 5 nitrogen and oxygen atoms in total. The van der Waals surface area contributed by atoms with Crippen molar-refractivity contribution in [1.82, 2.24) is 4.90 Å². The zero-order valence-electron chi connectivity index (χ0n) is 12.4. The Morgan fingerprint density at radius 3 is 2.71 bits per heavy atom. The summed E-state index contributed by atoms with van der Waals surface area (Å²) in [4.78, 5) is 13.2. The summed E-state index contributed by atoms with van der Waals surface area (Å²) >= 11 is 6.08. The van der Waals surface area contributed by atoms with Crippen LogP contribution in [-0.2, 0) is 11.2 Å². The summed E-state index contributed by atoms with van der Waals surface area (Å²) in [5.41, 5.74) is 0.767.